The first-order chi connectivity index (χ1) is 41.9. The van der Waals surface area contributed by atoms with Gasteiger partial charge in [0.05, 0.1) is 32.3 Å². The fourth-order valence-electron chi connectivity index (χ4n) is 12.8. The van der Waals surface area contributed by atoms with E-state index in [0.29, 0.717) is 60.4 Å². The number of fused-ring (bicyclic) bond motifs is 2. The largest absolute Gasteiger partial charge is 1.00 e. The van der Waals surface area contributed by atoms with Crippen LogP contribution >= 0.6 is 0 Å². The first-order valence-corrected chi connectivity index (χ1v) is 31.6. The second kappa shape index (κ2) is 26.9. The van der Waals surface area contributed by atoms with Crippen LogP contribution < -0.4 is 138 Å². The zero-order valence-corrected chi connectivity index (χ0v) is 62.6. The zero-order chi connectivity index (χ0) is 62.2. The van der Waals surface area contributed by atoms with E-state index in [9.17, 15) is 25.9 Å². The molecule has 0 atom stereocenters. The molecule has 0 unspecified atom stereocenters. The van der Waals surface area contributed by atoms with Gasteiger partial charge in [-0.1, -0.05) is 116 Å². The van der Waals surface area contributed by atoms with Crippen molar-refractivity contribution in [2.75, 3.05) is 9.80 Å². The van der Waals surface area contributed by atoms with Gasteiger partial charge in [0, 0.05) is 54.8 Å². The Morgan fingerprint density at radius 3 is 1.16 bits per heavy atom. The fourth-order valence-corrected chi connectivity index (χ4v) is 13.8. The molecule has 92 heavy (non-hydrogen) atoms. The number of para-hydroxylation sites is 2. The van der Waals surface area contributed by atoms with Crippen LogP contribution in [0.25, 0.3) is 65.3 Å². The van der Waals surface area contributed by atoms with Gasteiger partial charge in [-0.25, -0.2) is 26.6 Å². The number of hydrogen-bond acceptors (Lipinski definition) is 12. The normalized spacial score (nSPS) is 13.2. The molecular weight excluding hydrogens is 1240 g/mol. The van der Waals surface area contributed by atoms with E-state index in [1.54, 1.807) is 60.7 Å². The van der Waals surface area contributed by atoms with Gasteiger partial charge in [-0.2, -0.15) is 54.1 Å². The number of ether oxygens (including phenoxy) is 2. The smallest absolute Gasteiger partial charge is 0.744 e. The number of nitrogens with zero attached hydrogens (tertiary/aromatic N) is 2. The van der Waals surface area contributed by atoms with Crippen molar-refractivity contribution in [2.45, 2.75) is 88.9 Å². The number of hydrogen-bond donors (Lipinski definition) is 0. The number of imide groups is 2. The van der Waals surface area contributed by atoms with Crippen LogP contribution in [0.1, 0.15) is 143 Å². The van der Waals surface area contributed by atoms with E-state index in [1.165, 1.54) is 34.1 Å². The Balaban J connectivity index is 0.00000250. The van der Waals surface area contributed by atoms with Gasteiger partial charge in [-0.3, -0.25) is 19.2 Å². The minimum atomic E-state index is -5.13. The van der Waals surface area contributed by atoms with Crippen LogP contribution in [0.3, 0.4) is 0 Å². The maximum Gasteiger partial charge on any atom is 1.00 e. The van der Waals surface area contributed by atoms with Crippen molar-refractivity contribution in [1.82, 2.24) is 0 Å². The Morgan fingerprint density at radius 1 is 0.370 bits per heavy atom. The van der Waals surface area contributed by atoms with Crippen molar-refractivity contribution >= 4 is 98.3 Å². The van der Waals surface area contributed by atoms with Crippen LogP contribution in [0.15, 0.2) is 168 Å². The molecule has 0 radical (unpaired) electrons. The number of carbonyl (C=O) groups is 4. The maximum absolute atomic E-state index is 16.0. The number of benzene rings is 11. The number of anilines is 2. The van der Waals surface area contributed by atoms with Crippen LogP contribution in [0, 0.1) is 12.1 Å². The topological polar surface area (TPSA) is 208 Å². The Bertz CT molecular complexity index is 5040. The van der Waals surface area contributed by atoms with Crippen molar-refractivity contribution in [2.24, 2.45) is 0 Å². The second-order valence-electron chi connectivity index (χ2n) is 23.5. The van der Waals surface area contributed by atoms with E-state index in [4.69, 9.17) is 9.47 Å². The number of amides is 4. The van der Waals surface area contributed by atoms with Gasteiger partial charge in [-0.15, -0.1) is 11.6 Å². The van der Waals surface area contributed by atoms with Crippen molar-refractivity contribution in [3.05, 3.63) is 214 Å². The summed E-state index contributed by atoms with van der Waals surface area (Å²) in [7, 11) is -10.1. The average molecular weight is 1300 g/mol. The van der Waals surface area contributed by atoms with Crippen LogP contribution in [0.4, 0.5) is 11.4 Å². The standard InChI is InChI=1S/C72H56N2O12S2.4Na/c1-37(2)45-19-14-20-46(38(3)4)67(45)73-69(75)52-32-30-51-64-60(86-58-33-28-44(88(82,83)84)34-54(58)42-24-26-43(27-25-42)87(79,80)81)36-56-62-53(70(76)74(72(56)78)68-47(39(5)6)21-15-22-48(68)40(7)8)31-29-50(66(62)64)63-59(35-55(71(73)77)61(52)65(51)63)85-57-23-13-12-18-49(57)41-16-10-9-11-17-41;;;;/h10-11,13-40H,1-8H3,(H,79,80,81)(H,82,83,84);;;;/q-2;4*+1/p-2. The summed E-state index contributed by atoms with van der Waals surface area (Å²) >= 11 is 0. The minimum Gasteiger partial charge on any atom is -0.744 e. The summed E-state index contributed by atoms with van der Waals surface area (Å²) in [6.07, 6.45) is 0. The predicted molar refractivity (Wildman–Crippen MR) is 337 cm³/mol. The average Bonchev–Trinajstić information content (AvgIpc) is 0.680. The summed E-state index contributed by atoms with van der Waals surface area (Å²) in [6.45, 7) is 16.0. The molecule has 2 aliphatic rings. The third-order valence-corrected chi connectivity index (χ3v) is 18.6. The molecule has 20 heteroatoms. The molecule has 11 aromatic carbocycles. The van der Waals surface area contributed by atoms with Gasteiger partial charge >= 0.3 is 118 Å². The second-order valence-corrected chi connectivity index (χ2v) is 26.3. The van der Waals surface area contributed by atoms with E-state index in [1.807, 2.05) is 104 Å². The van der Waals surface area contributed by atoms with Gasteiger partial charge in [0.1, 0.15) is 37.5 Å². The van der Waals surface area contributed by atoms with Crippen LogP contribution in [0.5, 0.6) is 23.0 Å². The Labute approximate surface area is 622 Å². The quantitative estimate of drug-likeness (QED) is 0.0376. The molecule has 0 saturated heterocycles. The Kier molecular flexibility index (Phi) is 20.7. The SMILES string of the molecule is CC(C)c1cccc(C(C)C)c1N1C(=O)c2ccc3c4c(Oc5ccc(S(=O)(=O)[O-])cc5-c5ccc(S(=O)(=O)[O-])cc5)cc5c6c(ccc(c7c(Oc8cc[c-]cc8-c8cc[c-]cc8)cc(c2c37)C1=O)c64)C(=O)N(c1c(C(C)C)cccc1C(C)C)C5=O.[Na+].[Na+].[Na+].[Na+]. The van der Waals surface area contributed by atoms with Crippen molar-refractivity contribution in [1.29, 1.82) is 0 Å². The summed E-state index contributed by atoms with van der Waals surface area (Å²) in [5.41, 5.74) is 6.15. The van der Waals surface area contributed by atoms with Crippen LogP contribution in [-0.4, -0.2) is 49.6 Å². The predicted octanol–water partition coefficient (Wildman–Crippen LogP) is 4.18. The zero-order valence-electron chi connectivity index (χ0n) is 52.9. The van der Waals surface area contributed by atoms with E-state index < -0.39 is 53.7 Å². The molecule has 13 rings (SSSR count). The molecule has 0 spiro atoms. The van der Waals surface area contributed by atoms with Gasteiger partial charge in [0.15, 0.2) is 0 Å². The molecule has 4 amide bonds. The first kappa shape index (κ1) is 70.7. The Hall–Kier alpha value is -5.58. The molecule has 0 aromatic heterocycles. The Morgan fingerprint density at radius 2 is 0.750 bits per heavy atom. The van der Waals surface area contributed by atoms with Gasteiger partial charge in [-0.05, 0) is 117 Å². The summed E-state index contributed by atoms with van der Waals surface area (Å²) in [4.78, 5) is 64.7. The monoisotopic (exact) mass is 1290 g/mol. The van der Waals surface area contributed by atoms with Gasteiger partial charge < -0.3 is 18.6 Å². The van der Waals surface area contributed by atoms with Crippen molar-refractivity contribution < 1.29 is 173 Å². The van der Waals surface area contributed by atoms with Gasteiger partial charge in [0.25, 0.3) is 23.6 Å². The van der Waals surface area contributed by atoms with E-state index >= 15 is 19.2 Å². The van der Waals surface area contributed by atoms with Crippen LogP contribution in [0.2, 0.25) is 0 Å². The third-order valence-electron chi connectivity index (χ3n) is 16.9. The number of rotatable bonds is 14. The molecule has 0 aliphatic carbocycles. The molecule has 14 nitrogen and oxygen atoms in total. The summed E-state index contributed by atoms with van der Waals surface area (Å²) < 4.78 is 89.1. The molecule has 2 aliphatic heterocycles. The third kappa shape index (κ3) is 11.9. The summed E-state index contributed by atoms with van der Waals surface area (Å²) in [5.74, 6) is -2.45. The van der Waals surface area contributed by atoms with Crippen molar-refractivity contribution in [3.8, 4) is 45.3 Å². The molecule has 0 N–H and O–H groups in total. The molecule has 0 saturated carbocycles. The molecule has 0 fully saturated rings. The molecule has 440 valence electrons. The maximum atomic E-state index is 16.0. The number of carbonyl (C=O) groups excluding carboxylic acids is 4. The molecular formula is C72H54N2Na4O12S2. The van der Waals surface area contributed by atoms with Crippen LogP contribution in [-0.2, 0) is 20.2 Å². The summed E-state index contributed by atoms with van der Waals surface area (Å²) in [6, 6.07) is 48.3. The summed E-state index contributed by atoms with van der Waals surface area (Å²) in [5, 5.41) is 2.89. The van der Waals surface area contributed by atoms with Crippen molar-refractivity contribution in [3.63, 3.8) is 0 Å². The fraction of sp³-hybridized carbons (Fsp3) is 0.167. The van der Waals surface area contributed by atoms with E-state index in [-0.39, 0.29) is 198 Å². The first-order valence-electron chi connectivity index (χ1n) is 28.7. The van der Waals surface area contributed by atoms with Gasteiger partial charge in [0.2, 0.25) is 0 Å². The molecule has 0 bridgehead atoms. The molecule has 2 heterocycles. The van der Waals surface area contributed by atoms with E-state index in [2.05, 4.69) is 12.1 Å². The molecule has 11 aromatic rings. The minimum absolute atomic E-state index is 0. The van der Waals surface area contributed by atoms with E-state index in [0.717, 1.165) is 52.1 Å².